The van der Waals surface area contributed by atoms with Gasteiger partial charge >= 0.3 is 0 Å². The lowest BCUT2D eigenvalue weighted by atomic mass is 10.1. The number of hydrogen-bond donors (Lipinski definition) is 1. The summed E-state index contributed by atoms with van der Waals surface area (Å²) in [5.74, 6) is 0.886. The van der Waals surface area contributed by atoms with Crippen molar-refractivity contribution in [3.8, 4) is 0 Å². The van der Waals surface area contributed by atoms with Gasteiger partial charge in [-0.3, -0.25) is 0 Å². The largest absolute Gasteiger partial charge is 0.464 e. The van der Waals surface area contributed by atoms with Crippen molar-refractivity contribution in [2.45, 2.75) is 19.4 Å². The molecule has 2 rings (SSSR count). The van der Waals surface area contributed by atoms with Crippen LogP contribution in [0.25, 0.3) is 0 Å². The van der Waals surface area contributed by atoms with E-state index in [0.29, 0.717) is 11.3 Å². The van der Waals surface area contributed by atoms with Crippen LogP contribution in [0.5, 0.6) is 0 Å². The molecule has 2 nitrogen and oxygen atoms in total. The maximum atomic E-state index is 13.8. The molecule has 1 aromatic heterocycles. The van der Waals surface area contributed by atoms with Gasteiger partial charge in [0.05, 0.1) is 11.1 Å². The SMILES string of the molecule is CCc1ccc(C(N)c2cccc(Cl)c2F)o1. The summed E-state index contributed by atoms with van der Waals surface area (Å²) in [5.41, 5.74) is 6.30. The predicted octanol–water partition coefficient (Wildman–Crippen LogP) is 3.68. The van der Waals surface area contributed by atoms with Crippen molar-refractivity contribution in [1.82, 2.24) is 0 Å². The molecule has 0 radical (unpaired) electrons. The first-order valence-corrected chi connectivity index (χ1v) is 5.79. The number of hydrogen-bond acceptors (Lipinski definition) is 2. The summed E-state index contributed by atoms with van der Waals surface area (Å²) in [6.45, 7) is 1.98. The van der Waals surface area contributed by atoms with Crippen LogP contribution in [0.2, 0.25) is 5.02 Å². The first-order valence-electron chi connectivity index (χ1n) is 5.41. The number of furan rings is 1. The second-order valence-corrected chi connectivity index (χ2v) is 4.19. The van der Waals surface area contributed by atoms with Gasteiger partial charge in [-0.25, -0.2) is 4.39 Å². The zero-order chi connectivity index (χ0) is 12.4. The Hall–Kier alpha value is -1.32. The minimum absolute atomic E-state index is 0.0696. The van der Waals surface area contributed by atoms with E-state index < -0.39 is 11.9 Å². The second kappa shape index (κ2) is 4.90. The maximum absolute atomic E-state index is 13.8. The zero-order valence-corrected chi connectivity index (χ0v) is 10.2. The molecule has 0 fully saturated rings. The Labute approximate surface area is 104 Å². The van der Waals surface area contributed by atoms with Gasteiger partial charge in [0.2, 0.25) is 0 Å². The Morgan fingerprint density at radius 1 is 1.35 bits per heavy atom. The summed E-state index contributed by atoms with van der Waals surface area (Å²) in [4.78, 5) is 0. The topological polar surface area (TPSA) is 39.2 Å². The fraction of sp³-hybridized carbons (Fsp3) is 0.231. The molecule has 0 saturated carbocycles. The molecule has 0 aliphatic carbocycles. The van der Waals surface area contributed by atoms with E-state index in [-0.39, 0.29) is 5.02 Å². The molecule has 0 amide bonds. The molecular weight excluding hydrogens is 241 g/mol. The first kappa shape index (κ1) is 12.1. The van der Waals surface area contributed by atoms with Crippen LogP contribution in [-0.4, -0.2) is 0 Å². The quantitative estimate of drug-likeness (QED) is 0.906. The lowest BCUT2D eigenvalue weighted by Crippen LogP contribution is -2.13. The highest BCUT2D eigenvalue weighted by Gasteiger charge is 2.18. The average Bonchev–Trinajstić information content (AvgIpc) is 2.80. The van der Waals surface area contributed by atoms with E-state index in [2.05, 4.69) is 0 Å². The number of nitrogens with two attached hydrogens (primary N) is 1. The van der Waals surface area contributed by atoms with Gasteiger partial charge < -0.3 is 10.2 Å². The fourth-order valence-corrected chi connectivity index (χ4v) is 1.85. The van der Waals surface area contributed by atoms with Crippen LogP contribution >= 0.6 is 11.6 Å². The molecule has 4 heteroatoms. The Kier molecular flexibility index (Phi) is 3.50. The smallest absolute Gasteiger partial charge is 0.147 e. The molecule has 0 aliphatic rings. The van der Waals surface area contributed by atoms with Crippen LogP contribution in [0, 0.1) is 5.82 Å². The van der Waals surface area contributed by atoms with Crippen LogP contribution in [0.4, 0.5) is 4.39 Å². The van der Waals surface area contributed by atoms with Gasteiger partial charge in [0, 0.05) is 12.0 Å². The highest BCUT2D eigenvalue weighted by molar-refractivity contribution is 6.30. The predicted molar refractivity (Wildman–Crippen MR) is 65.5 cm³/mol. The Morgan fingerprint density at radius 3 is 2.76 bits per heavy atom. The highest BCUT2D eigenvalue weighted by Crippen LogP contribution is 2.27. The summed E-state index contributed by atoms with van der Waals surface area (Å²) >= 11 is 5.72. The second-order valence-electron chi connectivity index (χ2n) is 3.78. The van der Waals surface area contributed by atoms with Crippen LogP contribution in [0.1, 0.15) is 30.0 Å². The Morgan fingerprint density at radius 2 is 2.12 bits per heavy atom. The number of rotatable bonds is 3. The first-order chi connectivity index (χ1) is 8.13. The minimum atomic E-state index is -0.631. The van der Waals surface area contributed by atoms with Crippen LogP contribution in [-0.2, 0) is 6.42 Å². The lowest BCUT2D eigenvalue weighted by molar-refractivity contribution is 0.448. The summed E-state index contributed by atoms with van der Waals surface area (Å²) in [6, 6.07) is 7.76. The molecule has 0 aliphatic heterocycles. The molecule has 17 heavy (non-hydrogen) atoms. The maximum Gasteiger partial charge on any atom is 0.147 e. The Balaban J connectivity index is 2.36. The van der Waals surface area contributed by atoms with E-state index in [1.165, 1.54) is 6.07 Å². The van der Waals surface area contributed by atoms with Crippen LogP contribution in [0.15, 0.2) is 34.7 Å². The molecule has 90 valence electrons. The zero-order valence-electron chi connectivity index (χ0n) is 9.41. The van der Waals surface area contributed by atoms with Crippen molar-refractivity contribution in [2.24, 2.45) is 5.73 Å². The molecule has 2 aromatic rings. The van der Waals surface area contributed by atoms with Gasteiger partial charge in [-0.2, -0.15) is 0 Å². The lowest BCUT2D eigenvalue weighted by Gasteiger charge is -2.11. The Bertz CT molecular complexity index is 524. The van der Waals surface area contributed by atoms with Crippen molar-refractivity contribution in [1.29, 1.82) is 0 Å². The molecule has 2 N–H and O–H groups in total. The average molecular weight is 254 g/mol. The van der Waals surface area contributed by atoms with E-state index in [0.717, 1.165) is 12.2 Å². The van der Waals surface area contributed by atoms with Crippen molar-refractivity contribution < 1.29 is 8.81 Å². The third-order valence-electron chi connectivity index (χ3n) is 2.65. The van der Waals surface area contributed by atoms with E-state index in [4.69, 9.17) is 21.8 Å². The summed E-state index contributed by atoms with van der Waals surface area (Å²) in [6.07, 6.45) is 0.782. The number of aryl methyl sites for hydroxylation is 1. The molecule has 0 bridgehead atoms. The van der Waals surface area contributed by atoms with Gasteiger partial charge in [0.1, 0.15) is 17.3 Å². The molecule has 1 heterocycles. The van der Waals surface area contributed by atoms with Crippen molar-refractivity contribution in [3.05, 3.63) is 58.3 Å². The molecule has 1 aromatic carbocycles. The molecular formula is C13H13ClFNO. The van der Waals surface area contributed by atoms with Gasteiger partial charge in [-0.05, 0) is 18.2 Å². The molecule has 0 saturated heterocycles. The van der Waals surface area contributed by atoms with Crippen LogP contribution < -0.4 is 5.73 Å². The van der Waals surface area contributed by atoms with Crippen molar-refractivity contribution in [3.63, 3.8) is 0 Å². The third kappa shape index (κ3) is 2.35. The van der Waals surface area contributed by atoms with Crippen LogP contribution in [0.3, 0.4) is 0 Å². The van der Waals surface area contributed by atoms with E-state index in [1.807, 2.05) is 13.0 Å². The third-order valence-corrected chi connectivity index (χ3v) is 2.95. The normalized spacial score (nSPS) is 12.7. The molecule has 1 unspecified atom stereocenters. The van der Waals surface area contributed by atoms with Gasteiger partial charge in [-0.15, -0.1) is 0 Å². The molecule has 0 spiro atoms. The number of benzene rings is 1. The van der Waals surface area contributed by atoms with E-state index >= 15 is 0 Å². The summed E-state index contributed by atoms with van der Waals surface area (Å²) < 4.78 is 19.3. The fourth-order valence-electron chi connectivity index (χ4n) is 1.67. The van der Waals surface area contributed by atoms with E-state index in [1.54, 1.807) is 18.2 Å². The minimum Gasteiger partial charge on any atom is -0.464 e. The van der Waals surface area contributed by atoms with E-state index in [9.17, 15) is 4.39 Å². The molecule has 1 atom stereocenters. The standard InChI is InChI=1S/C13H13ClFNO/c1-2-8-6-7-11(17-8)13(16)9-4-3-5-10(14)12(9)15/h3-7,13H,2,16H2,1H3. The summed E-state index contributed by atoms with van der Waals surface area (Å²) in [5, 5.41) is 0.0696. The monoisotopic (exact) mass is 253 g/mol. The van der Waals surface area contributed by atoms with Gasteiger partial charge in [0.15, 0.2) is 0 Å². The van der Waals surface area contributed by atoms with Crippen molar-refractivity contribution in [2.75, 3.05) is 0 Å². The van der Waals surface area contributed by atoms with Gasteiger partial charge in [0.25, 0.3) is 0 Å². The highest BCUT2D eigenvalue weighted by atomic mass is 35.5. The number of halogens is 2. The van der Waals surface area contributed by atoms with Gasteiger partial charge in [-0.1, -0.05) is 30.7 Å². The van der Waals surface area contributed by atoms with Crippen molar-refractivity contribution >= 4 is 11.6 Å². The summed E-state index contributed by atoms with van der Waals surface area (Å²) in [7, 11) is 0.